The Labute approximate surface area is 167 Å². The summed E-state index contributed by atoms with van der Waals surface area (Å²) in [6.45, 7) is 3.62. The lowest BCUT2D eigenvalue weighted by atomic mass is 9.90. The zero-order valence-corrected chi connectivity index (χ0v) is 16.5. The summed E-state index contributed by atoms with van der Waals surface area (Å²) in [5, 5.41) is 11.4. The molecule has 0 aliphatic carbocycles. The second-order valence-corrected chi connectivity index (χ2v) is 7.40. The number of ketones is 1. The average Bonchev–Trinajstić information content (AvgIpc) is 2.79. The van der Waals surface area contributed by atoms with Gasteiger partial charge in [-0.3, -0.25) is 9.59 Å². The first-order valence-corrected chi connectivity index (χ1v) is 9.21. The number of hydrogen-bond donors (Lipinski definition) is 1. The van der Waals surface area contributed by atoms with E-state index < -0.39 is 11.5 Å². The summed E-state index contributed by atoms with van der Waals surface area (Å²) in [5.41, 5.74) is -0.280. The number of amides is 1. The maximum atomic E-state index is 12.9. The number of hydrogen-bond acceptors (Lipinski definition) is 4. The van der Waals surface area contributed by atoms with Crippen molar-refractivity contribution in [1.82, 2.24) is 0 Å². The molecule has 142 valence electrons. The number of aliphatic hydroxyl groups is 1. The Morgan fingerprint density at radius 2 is 2.00 bits per heavy atom. The predicted octanol–water partition coefficient (Wildman–Crippen LogP) is 3.89. The number of halogens is 2. The maximum Gasteiger partial charge on any atom is 0.264 e. The molecule has 2 aromatic carbocycles. The summed E-state index contributed by atoms with van der Waals surface area (Å²) in [7, 11) is 0. The van der Waals surface area contributed by atoms with E-state index in [1.54, 1.807) is 0 Å². The number of anilines is 1. The standard InChI is InChI=1S/C20H19Cl2NO4/c1-12-4-3-5-14(10-12)27-9-8-23-18-15(6-7-16(21)17(18)22)20(26,19(23)25)11-13(2)24/h3-7,10,26H,8-9,11H2,1-2H3. The van der Waals surface area contributed by atoms with Crippen molar-refractivity contribution in [3.63, 3.8) is 0 Å². The van der Waals surface area contributed by atoms with E-state index in [-0.39, 0.29) is 41.0 Å². The molecule has 0 saturated carbocycles. The number of carbonyl (C=O) groups excluding carboxylic acids is 2. The van der Waals surface area contributed by atoms with Crippen molar-refractivity contribution < 1.29 is 19.4 Å². The Morgan fingerprint density at radius 3 is 2.67 bits per heavy atom. The van der Waals surface area contributed by atoms with Gasteiger partial charge in [0.2, 0.25) is 0 Å². The van der Waals surface area contributed by atoms with Crippen LogP contribution in [0.5, 0.6) is 5.75 Å². The van der Waals surface area contributed by atoms with Crippen LogP contribution >= 0.6 is 23.2 Å². The van der Waals surface area contributed by atoms with Crippen LogP contribution in [-0.2, 0) is 15.2 Å². The molecule has 3 rings (SSSR count). The summed E-state index contributed by atoms with van der Waals surface area (Å²) < 4.78 is 5.71. The van der Waals surface area contributed by atoms with Crippen molar-refractivity contribution in [3.05, 3.63) is 57.6 Å². The fraction of sp³-hybridized carbons (Fsp3) is 0.300. The first kappa shape index (κ1) is 19.7. The van der Waals surface area contributed by atoms with Gasteiger partial charge in [-0.25, -0.2) is 0 Å². The van der Waals surface area contributed by atoms with Gasteiger partial charge < -0.3 is 14.7 Å². The van der Waals surface area contributed by atoms with Gasteiger partial charge in [-0.1, -0.05) is 41.4 Å². The van der Waals surface area contributed by atoms with Crippen LogP contribution in [0.2, 0.25) is 10.0 Å². The van der Waals surface area contributed by atoms with Gasteiger partial charge in [-0.15, -0.1) is 0 Å². The molecular weight excluding hydrogens is 389 g/mol. The molecule has 1 heterocycles. The second kappa shape index (κ2) is 7.50. The van der Waals surface area contributed by atoms with Crippen molar-refractivity contribution in [3.8, 4) is 5.75 Å². The van der Waals surface area contributed by atoms with E-state index in [4.69, 9.17) is 27.9 Å². The number of aryl methyl sites for hydroxylation is 1. The lowest BCUT2D eigenvalue weighted by Gasteiger charge is -2.22. The summed E-state index contributed by atoms with van der Waals surface area (Å²) in [4.78, 5) is 25.9. The van der Waals surface area contributed by atoms with Gasteiger partial charge >= 0.3 is 0 Å². The zero-order valence-electron chi connectivity index (χ0n) is 15.0. The van der Waals surface area contributed by atoms with E-state index in [0.717, 1.165) is 5.56 Å². The number of ether oxygens (including phenoxy) is 1. The van der Waals surface area contributed by atoms with Gasteiger partial charge in [-0.05, 0) is 37.6 Å². The van der Waals surface area contributed by atoms with Crippen LogP contribution in [0.3, 0.4) is 0 Å². The molecule has 1 aliphatic rings. The molecule has 7 heteroatoms. The molecule has 5 nitrogen and oxygen atoms in total. The van der Waals surface area contributed by atoms with Crippen LogP contribution in [0.15, 0.2) is 36.4 Å². The summed E-state index contributed by atoms with van der Waals surface area (Å²) >= 11 is 12.4. The molecule has 1 N–H and O–H groups in total. The third kappa shape index (κ3) is 3.68. The maximum absolute atomic E-state index is 12.9. The first-order chi connectivity index (χ1) is 12.7. The molecule has 27 heavy (non-hydrogen) atoms. The van der Waals surface area contributed by atoms with E-state index in [1.807, 2.05) is 31.2 Å². The molecule has 2 aromatic rings. The van der Waals surface area contributed by atoms with Crippen molar-refractivity contribution in [2.24, 2.45) is 0 Å². The predicted molar refractivity (Wildman–Crippen MR) is 105 cm³/mol. The van der Waals surface area contributed by atoms with E-state index in [2.05, 4.69) is 0 Å². The Kier molecular flexibility index (Phi) is 5.47. The SMILES string of the molecule is CC(=O)CC1(O)C(=O)N(CCOc2cccc(C)c2)c2c1ccc(Cl)c2Cl. The van der Waals surface area contributed by atoms with E-state index in [1.165, 1.54) is 24.0 Å². The molecule has 1 unspecified atom stereocenters. The van der Waals surface area contributed by atoms with Crippen LogP contribution in [0.4, 0.5) is 5.69 Å². The summed E-state index contributed by atoms with van der Waals surface area (Å²) in [5.74, 6) is -0.233. The van der Waals surface area contributed by atoms with Gasteiger partial charge in [0.15, 0.2) is 5.60 Å². The monoisotopic (exact) mass is 407 g/mol. The quantitative estimate of drug-likeness (QED) is 0.788. The fourth-order valence-electron chi connectivity index (χ4n) is 3.28. The minimum atomic E-state index is -1.95. The molecular formula is C20H19Cl2NO4. The minimum Gasteiger partial charge on any atom is -0.492 e. The highest BCUT2D eigenvalue weighted by Crippen LogP contribution is 2.48. The average molecular weight is 408 g/mol. The molecule has 1 atom stereocenters. The molecule has 1 amide bonds. The van der Waals surface area contributed by atoms with E-state index >= 15 is 0 Å². The molecule has 0 spiro atoms. The molecule has 0 radical (unpaired) electrons. The molecule has 0 aromatic heterocycles. The lowest BCUT2D eigenvalue weighted by molar-refractivity contribution is -0.141. The second-order valence-electron chi connectivity index (χ2n) is 6.62. The lowest BCUT2D eigenvalue weighted by Crippen LogP contribution is -2.43. The van der Waals surface area contributed by atoms with Gasteiger partial charge in [0, 0.05) is 12.0 Å². The highest BCUT2D eigenvalue weighted by Gasteiger charge is 2.51. The van der Waals surface area contributed by atoms with Gasteiger partial charge in [0.1, 0.15) is 18.1 Å². The first-order valence-electron chi connectivity index (χ1n) is 8.46. The van der Waals surface area contributed by atoms with Crippen molar-refractivity contribution in [1.29, 1.82) is 0 Å². The number of benzene rings is 2. The molecule has 0 fully saturated rings. The number of carbonyl (C=O) groups is 2. The number of nitrogens with zero attached hydrogens (tertiary/aromatic N) is 1. The van der Waals surface area contributed by atoms with Crippen LogP contribution in [-0.4, -0.2) is 29.9 Å². The summed E-state index contributed by atoms with van der Waals surface area (Å²) in [6.07, 6.45) is -0.327. The van der Waals surface area contributed by atoms with Gasteiger partial charge in [-0.2, -0.15) is 0 Å². The van der Waals surface area contributed by atoms with Crippen molar-refractivity contribution >= 4 is 40.6 Å². The number of fused-ring (bicyclic) bond motifs is 1. The highest BCUT2D eigenvalue weighted by molar-refractivity contribution is 6.44. The third-order valence-corrected chi connectivity index (χ3v) is 5.26. The minimum absolute atomic E-state index is 0.153. The largest absolute Gasteiger partial charge is 0.492 e. The Hall–Kier alpha value is -2.08. The van der Waals surface area contributed by atoms with Gasteiger partial charge in [0.25, 0.3) is 5.91 Å². The van der Waals surface area contributed by atoms with Gasteiger partial charge in [0.05, 0.1) is 22.3 Å². The van der Waals surface area contributed by atoms with Crippen LogP contribution in [0.1, 0.15) is 24.5 Å². The Bertz CT molecular complexity index is 915. The Balaban J connectivity index is 1.88. The fourth-order valence-corrected chi connectivity index (χ4v) is 3.70. The van der Waals surface area contributed by atoms with Crippen LogP contribution in [0, 0.1) is 6.92 Å². The van der Waals surface area contributed by atoms with Crippen molar-refractivity contribution in [2.45, 2.75) is 25.9 Å². The molecule has 1 aliphatic heterocycles. The Morgan fingerprint density at radius 1 is 1.26 bits per heavy atom. The molecule has 0 bridgehead atoms. The highest BCUT2D eigenvalue weighted by atomic mass is 35.5. The van der Waals surface area contributed by atoms with Crippen LogP contribution < -0.4 is 9.64 Å². The van der Waals surface area contributed by atoms with E-state index in [9.17, 15) is 14.7 Å². The summed E-state index contributed by atoms with van der Waals surface area (Å²) in [6, 6.07) is 10.6. The normalized spacial score (nSPS) is 18.6. The number of Topliss-reactive ketones (excluding diaryl/α,β-unsaturated/α-hetero) is 1. The smallest absolute Gasteiger partial charge is 0.264 e. The number of rotatable bonds is 6. The topological polar surface area (TPSA) is 66.8 Å². The van der Waals surface area contributed by atoms with E-state index in [0.29, 0.717) is 11.4 Å². The third-order valence-electron chi connectivity index (χ3n) is 4.46. The molecule has 0 saturated heterocycles. The van der Waals surface area contributed by atoms with Crippen LogP contribution in [0.25, 0.3) is 0 Å². The zero-order chi connectivity index (χ0) is 19.8. The van der Waals surface area contributed by atoms with Crippen molar-refractivity contribution in [2.75, 3.05) is 18.1 Å².